The van der Waals surface area contributed by atoms with Crippen molar-refractivity contribution in [2.75, 3.05) is 7.11 Å². The van der Waals surface area contributed by atoms with Gasteiger partial charge in [-0.3, -0.25) is 9.83 Å². The summed E-state index contributed by atoms with van der Waals surface area (Å²) in [6.45, 7) is 1.94. The van der Waals surface area contributed by atoms with Gasteiger partial charge in [-0.1, -0.05) is 18.2 Å². The van der Waals surface area contributed by atoms with Gasteiger partial charge in [0.2, 0.25) is 5.88 Å². The fraction of sp³-hybridized carbons (Fsp3) is 0.292. The van der Waals surface area contributed by atoms with Crippen LogP contribution in [0.1, 0.15) is 36.0 Å². The lowest BCUT2D eigenvalue weighted by atomic mass is 10.0. The van der Waals surface area contributed by atoms with Crippen molar-refractivity contribution in [3.63, 3.8) is 0 Å². The van der Waals surface area contributed by atoms with Crippen molar-refractivity contribution in [3.8, 4) is 11.6 Å². The van der Waals surface area contributed by atoms with Crippen LogP contribution in [-0.2, 0) is 4.84 Å². The third-order valence-electron chi connectivity index (χ3n) is 5.96. The number of rotatable bonds is 5. The number of aliphatic imine (C=N–C) groups is 1. The summed E-state index contributed by atoms with van der Waals surface area (Å²) in [6, 6.07) is 13.7. The van der Waals surface area contributed by atoms with E-state index in [1.165, 1.54) is 0 Å². The highest BCUT2D eigenvalue weighted by atomic mass is 16.7. The number of aromatic nitrogens is 3. The van der Waals surface area contributed by atoms with E-state index >= 15 is 0 Å². The zero-order chi connectivity index (χ0) is 21.7. The molecular formula is C24H23N5O3. The van der Waals surface area contributed by atoms with E-state index in [0.29, 0.717) is 23.3 Å². The van der Waals surface area contributed by atoms with E-state index in [0.717, 1.165) is 41.0 Å². The highest BCUT2D eigenvalue weighted by Gasteiger charge is 2.42. The van der Waals surface area contributed by atoms with Gasteiger partial charge < -0.3 is 13.7 Å². The minimum absolute atomic E-state index is 0.0746. The smallest absolute Gasteiger partial charge is 0.238 e. The van der Waals surface area contributed by atoms with Gasteiger partial charge in [-0.15, -0.1) is 0 Å². The number of furan rings is 1. The number of nitrogens with zero attached hydrogens (tertiary/aromatic N) is 4. The van der Waals surface area contributed by atoms with E-state index in [4.69, 9.17) is 19.0 Å². The van der Waals surface area contributed by atoms with Gasteiger partial charge in [-0.05, 0) is 49.9 Å². The maximum Gasteiger partial charge on any atom is 0.238 e. The van der Waals surface area contributed by atoms with Gasteiger partial charge in [0.25, 0.3) is 0 Å². The molecule has 8 heteroatoms. The number of ether oxygens (including phenoxy) is 1. The van der Waals surface area contributed by atoms with Crippen molar-refractivity contribution < 1.29 is 14.0 Å². The topological polar surface area (TPSA) is 86.7 Å². The number of hydroxylamine groups is 1. The van der Waals surface area contributed by atoms with Gasteiger partial charge in [0.15, 0.2) is 5.84 Å². The van der Waals surface area contributed by atoms with Gasteiger partial charge >= 0.3 is 0 Å². The number of hydrogen-bond donors (Lipinski definition) is 1. The molecule has 1 aliphatic carbocycles. The summed E-state index contributed by atoms with van der Waals surface area (Å²) < 4.78 is 13.6. The summed E-state index contributed by atoms with van der Waals surface area (Å²) >= 11 is 0. The molecule has 2 atom stereocenters. The Labute approximate surface area is 184 Å². The van der Waals surface area contributed by atoms with Crippen molar-refractivity contribution in [1.29, 1.82) is 0 Å². The molecule has 3 aromatic heterocycles. The zero-order valence-electron chi connectivity index (χ0n) is 17.9. The van der Waals surface area contributed by atoms with Crippen molar-refractivity contribution in [3.05, 3.63) is 72.1 Å². The molecule has 0 radical (unpaired) electrons. The van der Waals surface area contributed by atoms with Gasteiger partial charge in [0.1, 0.15) is 34.9 Å². The number of imidazole rings is 1. The van der Waals surface area contributed by atoms with Gasteiger partial charge in [-0.2, -0.15) is 0 Å². The number of para-hydroxylation sites is 1. The van der Waals surface area contributed by atoms with Crippen LogP contribution in [0.3, 0.4) is 0 Å². The van der Waals surface area contributed by atoms with Crippen molar-refractivity contribution in [2.24, 2.45) is 10.9 Å². The molecule has 0 unspecified atom stereocenters. The van der Waals surface area contributed by atoms with Gasteiger partial charge in [0, 0.05) is 11.6 Å². The van der Waals surface area contributed by atoms with E-state index in [2.05, 4.69) is 21.5 Å². The molecular weight excluding hydrogens is 406 g/mol. The molecule has 0 spiro atoms. The lowest BCUT2D eigenvalue weighted by Gasteiger charge is -2.29. The van der Waals surface area contributed by atoms with E-state index in [1.807, 2.05) is 54.1 Å². The summed E-state index contributed by atoms with van der Waals surface area (Å²) in [5, 5.41) is 1.06. The average molecular weight is 429 g/mol. The molecule has 32 heavy (non-hydrogen) atoms. The van der Waals surface area contributed by atoms with E-state index in [1.54, 1.807) is 13.4 Å². The maximum absolute atomic E-state index is 6.15. The first kappa shape index (κ1) is 19.1. The first-order valence-corrected chi connectivity index (χ1v) is 10.7. The molecule has 4 aromatic rings. The second kappa shape index (κ2) is 7.49. The molecule has 0 saturated heterocycles. The third kappa shape index (κ3) is 3.33. The summed E-state index contributed by atoms with van der Waals surface area (Å²) in [6.07, 6.45) is 5.87. The molecule has 0 amide bonds. The summed E-state index contributed by atoms with van der Waals surface area (Å²) in [4.78, 5) is 20.0. The SMILES string of the molecule is COc1nc(C2=N[C@H](c3cc4ccccc4o3)[C@H](C3CC3)ON2)ccc1-n1cnc(C)c1. The molecule has 2 aliphatic rings. The van der Waals surface area contributed by atoms with Crippen LogP contribution < -0.4 is 10.2 Å². The van der Waals surface area contributed by atoms with Gasteiger partial charge in [-0.25, -0.2) is 15.4 Å². The Hall–Kier alpha value is -3.65. The van der Waals surface area contributed by atoms with Crippen LogP contribution >= 0.6 is 0 Å². The van der Waals surface area contributed by atoms with Crippen LogP contribution in [0, 0.1) is 12.8 Å². The van der Waals surface area contributed by atoms with Crippen LogP contribution in [-0.4, -0.2) is 33.6 Å². The highest BCUT2D eigenvalue weighted by Crippen LogP contribution is 2.43. The Morgan fingerprint density at radius 1 is 1.16 bits per heavy atom. The van der Waals surface area contributed by atoms with E-state index in [-0.39, 0.29) is 12.1 Å². The predicted octanol–water partition coefficient (Wildman–Crippen LogP) is 4.13. The predicted molar refractivity (Wildman–Crippen MR) is 119 cm³/mol. The van der Waals surface area contributed by atoms with Crippen molar-refractivity contribution in [2.45, 2.75) is 31.9 Å². The lowest BCUT2D eigenvalue weighted by Crippen LogP contribution is -2.40. The monoisotopic (exact) mass is 429 g/mol. The Morgan fingerprint density at radius 3 is 2.78 bits per heavy atom. The van der Waals surface area contributed by atoms with Crippen molar-refractivity contribution in [1.82, 2.24) is 20.0 Å². The normalized spacial score (nSPS) is 20.8. The zero-order valence-corrected chi connectivity index (χ0v) is 17.9. The minimum atomic E-state index is -0.241. The Bertz CT molecular complexity index is 1290. The number of pyridine rings is 1. The minimum Gasteiger partial charge on any atom is -0.479 e. The molecule has 1 aromatic carbocycles. The van der Waals surface area contributed by atoms with Gasteiger partial charge in [0.05, 0.1) is 19.1 Å². The first-order chi connectivity index (χ1) is 15.7. The van der Waals surface area contributed by atoms with Crippen LogP contribution in [0.5, 0.6) is 5.88 Å². The number of fused-ring (bicyclic) bond motifs is 1. The molecule has 1 saturated carbocycles. The molecule has 162 valence electrons. The Kier molecular flexibility index (Phi) is 4.46. The molecule has 6 rings (SSSR count). The molecule has 1 aliphatic heterocycles. The van der Waals surface area contributed by atoms with E-state index in [9.17, 15) is 0 Å². The number of aryl methyl sites for hydroxylation is 1. The van der Waals surface area contributed by atoms with Crippen LogP contribution in [0.2, 0.25) is 0 Å². The van der Waals surface area contributed by atoms with Crippen molar-refractivity contribution >= 4 is 16.8 Å². The fourth-order valence-corrected chi connectivity index (χ4v) is 4.16. The molecule has 1 N–H and O–H groups in total. The van der Waals surface area contributed by atoms with Crippen LogP contribution in [0.25, 0.3) is 16.7 Å². The van der Waals surface area contributed by atoms with Crippen LogP contribution in [0.4, 0.5) is 0 Å². The lowest BCUT2D eigenvalue weighted by molar-refractivity contribution is -0.0327. The summed E-state index contributed by atoms with van der Waals surface area (Å²) in [5.74, 6) is 2.31. The summed E-state index contributed by atoms with van der Waals surface area (Å²) in [5.41, 5.74) is 6.24. The Morgan fingerprint density at radius 2 is 2.03 bits per heavy atom. The molecule has 4 heterocycles. The molecule has 1 fully saturated rings. The Balaban J connectivity index is 1.39. The maximum atomic E-state index is 6.15. The third-order valence-corrected chi connectivity index (χ3v) is 5.96. The first-order valence-electron chi connectivity index (χ1n) is 10.7. The average Bonchev–Trinajstić information content (AvgIpc) is 3.44. The molecule has 8 nitrogen and oxygen atoms in total. The second-order valence-corrected chi connectivity index (χ2v) is 8.28. The summed E-state index contributed by atoms with van der Waals surface area (Å²) in [7, 11) is 1.60. The number of hydrogen-bond acceptors (Lipinski definition) is 7. The second-order valence-electron chi connectivity index (χ2n) is 8.28. The standard InChI is InChI=1S/C24H23N5O3/c1-14-12-29(13-25-14)18-10-9-17(26-24(18)30-2)23-27-21(22(32-28-23)15-7-8-15)20-11-16-5-3-4-6-19(16)31-20/h3-6,9-13,15,21-22H,7-8H2,1-2H3,(H,27,28)/t21-,22+/m1/s1. The number of amidine groups is 1. The molecule has 0 bridgehead atoms. The largest absolute Gasteiger partial charge is 0.479 e. The fourth-order valence-electron chi connectivity index (χ4n) is 4.16. The number of nitrogens with one attached hydrogen (secondary N) is 1. The van der Waals surface area contributed by atoms with Crippen LogP contribution in [0.15, 0.2) is 64.4 Å². The quantitative estimate of drug-likeness (QED) is 0.513. The number of methoxy groups -OCH3 is 1. The highest BCUT2D eigenvalue weighted by molar-refractivity contribution is 5.97. The van der Waals surface area contributed by atoms with E-state index < -0.39 is 0 Å². The number of benzene rings is 1.